The fraction of sp³-hybridized carbons (Fsp3) is 0.231. The first-order valence-electron chi connectivity index (χ1n) is 11.2. The molecule has 0 fully saturated rings. The van der Waals surface area contributed by atoms with Crippen LogP contribution in [0.1, 0.15) is 35.3 Å². The molecule has 0 aromatic heterocycles. The Bertz CT molecular complexity index is 1460. The second-order valence-electron chi connectivity index (χ2n) is 8.51. The Morgan fingerprint density at radius 3 is 2.36 bits per heavy atom. The average molecular weight is 512 g/mol. The minimum absolute atomic E-state index is 0.00594. The summed E-state index contributed by atoms with van der Waals surface area (Å²) < 4.78 is 53.1. The normalized spacial score (nSPS) is 18.8. The highest BCUT2D eigenvalue weighted by Crippen LogP contribution is 2.41. The van der Waals surface area contributed by atoms with E-state index in [9.17, 15) is 22.2 Å². The SMILES string of the molecule is CCC(c1ccc(C2(c3cccc(-c4cc(OC)ccc4F)c3)N=C(N)N(C)C2=O)cc1)S(=O)(=O)O. The van der Waals surface area contributed by atoms with Gasteiger partial charge in [0.05, 0.1) is 7.11 Å². The molecule has 1 amide bonds. The van der Waals surface area contributed by atoms with Gasteiger partial charge in [-0.05, 0) is 52.9 Å². The Kier molecular flexibility index (Phi) is 6.59. The summed E-state index contributed by atoms with van der Waals surface area (Å²) in [5, 5.41) is -1.10. The van der Waals surface area contributed by atoms with Gasteiger partial charge in [0.25, 0.3) is 16.0 Å². The number of hydrogen-bond donors (Lipinski definition) is 2. The second-order valence-corrected chi connectivity index (χ2v) is 10.1. The van der Waals surface area contributed by atoms with E-state index in [4.69, 9.17) is 10.5 Å². The van der Waals surface area contributed by atoms with Gasteiger partial charge in [-0.2, -0.15) is 8.42 Å². The molecule has 0 spiro atoms. The maximum atomic E-state index is 14.7. The molecule has 2 unspecified atom stereocenters. The fourth-order valence-corrected chi connectivity index (χ4v) is 5.43. The number of benzene rings is 3. The van der Waals surface area contributed by atoms with Crippen molar-refractivity contribution in [3.63, 3.8) is 0 Å². The van der Waals surface area contributed by atoms with Gasteiger partial charge in [0.2, 0.25) is 0 Å². The smallest absolute Gasteiger partial charge is 0.271 e. The van der Waals surface area contributed by atoms with E-state index >= 15 is 0 Å². The summed E-state index contributed by atoms with van der Waals surface area (Å²) in [4.78, 5) is 19.4. The lowest BCUT2D eigenvalue weighted by Gasteiger charge is -2.27. The number of likely N-dealkylation sites (N-methyl/N-ethyl adjacent to an activating group) is 1. The Hall–Kier alpha value is -3.76. The maximum absolute atomic E-state index is 14.7. The van der Waals surface area contributed by atoms with Crippen LogP contribution in [0.2, 0.25) is 0 Å². The predicted octanol–water partition coefficient (Wildman–Crippen LogP) is 3.87. The van der Waals surface area contributed by atoms with E-state index in [0.29, 0.717) is 28.0 Å². The molecule has 8 nitrogen and oxygen atoms in total. The number of amides is 1. The third-order valence-electron chi connectivity index (χ3n) is 6.44. The van der Waals surface area contributed by atoms with Gasteiger partial charge >= 0.3 is 0 Å². The first kappa shape index (κ1) is 25.3. The van der Waals surface area contributed by atoms with Crippen LogP contribution in [-0.2, 0) is 20.5 Å². The quantitative estimate of drug-likeness (QED) is 0.465. The highest BCUT2D eigenvalue weighted by Gasteiger charge is 2.49. The number of nitrogens with two attached hydrogens (primary N) is 1. The second kappa shape index (κ2) is 9.36. The van der Waals surface area contributed by atoms with E-state index in [2.05, 4.69) is 4.99 Å². The van der Waals surface area contributed by atoms with Crippen molar-refractivity contribution in [3.8, 4) is 16.9 Å². The summed E-state index contributed by atoms with van der Waals surface area (Å²) in [7, 11) is -1.31. The Labute approximate surface area is 209 Å². The van der Waals surface area contributed by atoms with Gasteiger partial charge in [0.15, 0.2) is 11.5 Å². The van der Waals surface area contributed by atoms with Crippen molar-refractivity contribution in [1.29, 1.82) is 0 Å². The molecule has 3 aromatic rings. The molecular formula is C26H26FN3O5S. The number of halogens is 1. The zero-order valence-electron chi connectivity index (χ0n) is 20.0. The number of hydrogen-bond acceptors (Lipinski definition) is 6. The van der Waals surface area contributed by atoms with Crippen LogP contribution in [-0.4, -0.2) is 43.9 Å². The van der Waals surface area contributed by atoms with Gasteiger partial charge in [-0.15, -0.1) is 0 Å². The Morgan fingerprint density at radius 2 is 1.81 bits per heavy atom. The van der Waals surface area contributed by atoms with Gasteiger partial charge in [0.1, 0.15) is 16.8 Å². The molecule has 0 saturated heterocycles. The fourth-order valence-electron chi connectivity index (χ4n) is 4.51. The average Bonchev–Trinajstić information content (AvgIpc) is 3.09. The van der Waals surface area contributed by atoms with Crippen molar-refractivity contribution in [2.75, 3.05) is 14.2 Å². The lowest BCUT2D eigenvalue weighted by molar-refractivity contribution is -0.129. The van der Waals surface area contributed by atoms with E-state index < -0.39 is 32.6 Å². The first-order valence-corrected chi connectivity index (χ1v) is 12.7. The summed E-state index contributed by atoms with van der Waals surface area (Å²) in [6.07, 6.45) is 0.171. The van der Waals surface area contributed by atoms with Gasteiger partial charge in [0, 0.05) is 12.6 Å². The number of carbonyl (C=O) groups is 1. The molecule has 1 aliphatic rings. The molecule has 1 aliphatic heterocycles. The third kappa shape index (κ3) is 4.22. The van der Waals surface area contributed by atoms with E-state index in [0.717, 1.165) is 0 Å². The molecule has 4 rings (SSSR count). The standard InChI is InChI=1S/C26H26FN3O5S/c1-4-23(36(32,33)34)16-8-10-18(11-9-16)26(24(31)30(2)25(28)29-26)19-7-5-6-17(14-19)21-15-20(35-3)12-13-22(21)27/h5-15,23H,4H2,1-3H3,(H2,28,29)(H,32,33,34). The summed E-state index contributed by atoms with van der Waals surface area (Å²) in [5.41, 5.74) is 6.55. The molecule has 1 heterocycles. The van der Waals surface area contributed by atoms with Crippen molar-refractivity contribution in [2.24, 2.45) is 10.7 Å². The molecule has 0 saturated carbocycles. The molecule has 2 atom stereocenters. The van der Waals surface area contributed by atoms with E-state index in [1.54, 1.807) is 61.5 Å². The van der Waals surface area contributed by atoms with E-state index in [-0.39, 0.29) is 17.9 Å². The number of guanidine groups is 1. The molecule has 3 N–H and O–H groups in total. The summed E-state index contributed by atoms with van der Waals surface area (Å²) in [6, 6.07) is 17.4. The van der Waals surface area contributed by atoms with Crippen LogP contribution in [0.15, 0.2) is 71.7 Å². The number of aliphatic imine (C=N–C) groups is 1. The molecule has 0 radical (unpaired) electrons. The minimum Gasteiger partial charge on any atom is -0.497 e. The highest BCUT2D eigenvalue weighted by atomic mass is 32.2. The van der Waals surface area contributed by atoms with Crippen molar-refractivity contribution in [3.05, 3.63) is 89.2 Å². The molecule has 3 aromatic carbocycles. The van der Waals surface area contributed by atoms with Crippen LogP contribution in [0.5, 0.6) is 5.75 Å². The molecular weight excluding hydrogens is 485 g/mol. The minimum atomic E-state index is -4.31. The zero-order valence-corrected chi connectivity index (χ0v) is 20.8. The molecule has 0 aliphatic carbocycles. The van der Waals surface area contributed by atoms with Crippen molar-refractivity contribution in [1.82, 2.24) is 4.90 Å². The topological polar surface area (TPSA) is 122 Å². The number of ether oxygens (including phenoxy) is 1. The third-order valence-corrected chi connectivity index (χ3v) is 7.76. The van der Waals surface area contributed by atoms with Crippen LogP contribution < -0.4 is 10.5 Å². The van der Waals surface area contributed by atoms with Crippen LogP contribution in [0.4, 0.5) is 4.39 Å². The van der Waals surface area contributed by atoms with Crippen LogP contribution in [0, 0.1) is 5.82 Å². The van der Waals surface area contributed by atoms with Crippen molar-refractivity contribution >= 4 is 22.0 Å². The first-order chi connectivity index (χ1) is 17.0. The molecule has 36 heavy (non-hydrogen) atoms. The lowest BCUT2D eigenvalue weighted by Crippen LogP contribution is -2.41. The highest BCUT2D eigenvalue weighted by molar-refractivity contribution is 7.86. The number of nitrogens with zero attached hydrogens (tertiary/aromatic N) is 2. The van der Waals surface area contributed by atoms with Crippen LogP contribution in [0.25, 0.3) is 11.1 Å². The van der Waals surface area contributed by atoms with Gasteiger partial charge in [-0.25, -0.2) is 9.38 Å². The maximum Gasteiger partial charge on any atom is 0.271 e. The largest absolute Gasteiger partial charge is 0.497 e. The van der Waals surface area contributed by atoms with Crippen molar-refractivity contribution < 1.29 is 26.9 Å². The number of carbonyl (C=O) groups excluding carboxylic acids is 1. The Balaban J connectivity index is 1.89. The van der Waals surface area contributed by atoms with Crippen LogP contribution in [0.3, 0.4) is 0 Å². The Morgan fingerprint density at radius 1 is 1.11 bits per heavy atom. The van der Waals surface area contributed by atoms with Gasteiger partial charge in [-0.1, -0.05) is 49.4 Å². The monoisotopic (exact) mass is 511 g/mol. The lowest BCUT2D eigenvalue weighted by atomic mass is 9.81. The zero-order chi connectivity index (χ0) is 26.3. The number of methoxy groups -OCH3 is 1. The number of rotatable bonds is 7. The summed E-state index contributed by atoms with van der Waals surface area (Å²) in [5.74, 6) is -0.394. The predicted molar refractivity (Wildman–Crippen MR) is 135 cm³/mol. The van der Waals surface area contributed by atoms with Crippen LogP contribution >= 0.6 is 0 Å². The molecule has 10 heteroatoms. The van der Waals surface area contributed by atoms with Gasteiger partial charge < -0.3 is 10.5 Å². The molecule has 0 bridgehead atoms. The molecule has 188 valence electrons. The van der Waals surface area contributed by atoms with Crippen molar-refractivity contribution in [2.45, 2.75) is 24.1 Å². The summed E-state index contributed by atoms with van der Waals surface area (Å²) >= 11 is 0. The van der Waals surface area contributed by atoms with E-state index in [1.807, 2.05) is 0 Å². The van der Waals surface area contributed by atoms with E-state index in [1.165, 1.54) is 31.2 Å². The summed E-state index contributed by atoms with van der Waals surface area (Å²) in [6.45, 7) is 1.65. The van der Waals surface area contributed by atoms with Gasteiger partial charge in [-0.3, -0.25) is 14.2 Å².